The van der Waals surface area contributed by atoms with Gasteiger partial charge in [0, 0.05) is 19.3 Å². The van der Waals surface area contributed by atoms with Crippen LogP contribution in [0.3, 0.4) is 0 Å². The highest BCUT2D eigenvalue weighted by Gasteiger charge is 2.68. The Labute approximate surface area is 233 Å². The van der Waals surface area contributed by atoms with Gasteiger partial charge in [0.1, 0.15) is 0 Å². The van der Waals surface area contributed by atoms with Crippen LogP contribution in [0.5, 0.6) is 0 Å². The highest BCUT2D eigenvalue weighted by atomic mass is 16.7. The maximum Gasteiger partial charge on any atom is 0.481 e. The van der Waals surface area contributed by atoms with Crippen LogP contribution in [0.15, 0.2) is 30.3 Å². The Bertz CT molecular complexity index is 1040. The Morgan fingerprint density at radius 1 is 1.10 bits per heavy atom. The van der Waals surface area contributed by atoms with E-state index in [4.69, 9.17) is 15.0 Å². The summed E-state index contributed by atoms with van der Waals surface area (Å²) in [7, 11) is -0.539. The van der Waals surface area contributed by atoms with E-state index >= 15 is 0 Å². The van der Waals surface area contributed by atoms with Crippen LogP contribution in [0.2, 0.25) is 0 Å². The first-order valence-corrected chi connectivity index (χ1v) is 14.6. The number of ketones is 1. The molecule has 0 spiro atoms. The average Bonchev–Trinajstić information content (AvgIpc) is 3.25. The van der Waals surface area contributed by atoms with E-state index in [1.807, 2.05) is 30.3 Å². The highest BCUT2D eigenvalue weighted by Crippen LogP contribution is 2.65. The lowest BCUT2D eigenvalue weighted by Crippen LogP contribution is -2.65. The lowest BCUT2D eigenvalue weighted by Gasteiger charge is -2.64. The smallest absolute Gasteiger partial charge is 0.404 e. The van der Waals surface area contributed by atoms with Gasteiger partial charge in [0.25, 0.3) is 0 Å². The highest BCUT2D eigenvalue weighted by molar-refractivity contribution is 6.47. The summed E-state index contributed by atoms with van der Waals surface area (Å²) in [5.41, 5.74) is 6.61. The van der Waals surface area contributed by atoms with Gasteiger partial charge in [0.2, 0.25) is 11.8 Å². The molecule has 1 aliphatic heterocycles. The lowest BCUT2D eigenvalue weighted by molar-refractivity contribution is -0.199. The molecule has 4 N–H and O–H groups in total. The van der Waals surface area contributed by atoms with Crippen LogP contribution in [-0.4, -0.2) is 54.9 Å². The minimum Gasteiger partial charge on any atom is -0.404 e. The second-order valence-electron chi connectivity index (χ2n) is 12.7. The summed E-state index contributed by atoms with van der Waals surface area (Å²) in [6.45, 7) is 10.5. The first kappa shape index (κ1) is 29.8. The molecule has 4 fully saturated rings. The monoisotopic (exact) mass is 539 g/mol. The second kappa shape index (κ2) is 12.1. The number of unbranched alkanes of at least 4 members (excludes halogenated alkanes) is 1. The van der Waals surface area contributed by atoms with Crippen molar-refractivity contribution in [2.24, 2.45) is 28.9 Å². The Balaban J connectivity index is 1.50. The van der Waals surface area contributed by atoms with Crippen molar-refractivity contribution in [3.05, 3.63) is 35.9 Å². The molecule has 5 rings (SSSR count). The van der Waals surface area contributed by atoms with Gasteiger partial charge in [-0.3, -0.25) is 14.4 Å². The summed E-state index contributed by atoms with van der Waals surface area (Å²) in [6.07, 6.45) is 4.98. The van der Waals surface area contributed by atoms with Gasteiger partial charge in [-0.1, -0.05) is 50.6 Å². The zero-order valence-electron chi connectivity index (χ0n) is 24.2. The molecular weight excluding hydrogens is 493 g/mol. The Kier molecular flexibility index (Phi) is 9.24. The summed E-state index contributed by atoms with van der Waals surface area (Å²) in [4.78, 5) is 38.3. The van der Waals surface area contributed by atoms with E-state index in [9.17, 15) is 14.4 Å². The molecule has 1 aromatic rings. The SMILES string of the molecule is CC(=O)N[C@@H](C)C(=O)C[C@@H](Cc1ccccc1)C(=O)N[C@@H](CCCCN)B1OC2C[C@@H]3C[C@@H](C3(C)C)[C@]2(C)O1. The molecule has 2 amide bonds. The van der Waals surface area contributed by atoms with Gasteiger partial charge >= 0.3 is 7.12 Å². The number of nitrogens with one attached hydrogen (secondary N) is 2. The summed E-state index contributed by atoms with van der Waals surface area (Å²) in [6, 6.07) is 9.05. The van der Waals surface area contributed by atoms with Crippen LogP contribution >= 0.6 is 0 Å². The molecule has 0 radical (unpaired) electrons. The quantitative estimate of drug-likeness (QED) is 0.262. The molecule has 1 unspecified atom stereocenters. The van der Waals surface area contributed by atoms with Crippen molar-refractivity contribution in [3.8, 4) is 0 Å². The van der Waals surface area contributed by atoms with E-state index in [1.54, 1.807) is 6.92 Å². The average molecular weight is 540 g/mol. The normalized spacial score (nSPS) is 29.0. The molecule has 39 heavy (non-hydrogen) atoms. The number of hydrogen-bond donors (Lipinski definition) is 3. The number of amides is 2. The van der Waals surface area contributed by atoms with Crippen molar-refractivity contribution in [1.82, 2.24) is 10.6 Å². The summed E-state index contributed by atoms with van der Waals surface area (Å²) in [5, 5.41) is 5.88. The van der Waals surface area contributed by atoms with Crippen molar-refractivity contribution in [2.75, 3.05) is 6.54 Å². The molecule has 9 heteroatoms. The van der Waals surface area contributed by atoms with Gasteiger partial charge < -0.3 is 25.7 Å². The third kappa shape index (κ3) is 6.41. The molecule has 1 saturated heterocycles. The molecule has 1 aromatic carbocycles. The number of benzene rings is 1. The molecular formula is C30H46BN3O5. The van der Waals surface area contributed by atoms with Gasteiger partial charge in [-0.25, -0.2) is 0 Å². The maximum absolute atomic E-state index is 13.8. The van der Waals surface area contributed by atoms with Gasteiger partial charge in [0.15, 0.2) is 5.78 Å². The molecule has 3 saturated carbocycles. The second-order valence-corrected chi connectivity index (χ2v) is 12.7. The fourth-order valence-corrected chi connectivity index (χ4v) is 7.12. The fourth-order valence-electron chi connectivity index (χ4n) is 7.12. The molecule has 7 atom stereocenters. The number of carbonyl (C=O) groups is 3. The van der Waals surface area contributed by atoms with E-state index in [-0.39, 0.29) is 47.1 Å². The molecule has 1 heterocycles. The van der Waals surface area contributed by atoms with Crippen molar-refractivity contribution in [2.45, 2.75) is 103 Å². The first-order valence-electron chi connectivity index (χ1n) is 14.6. The molecule has 214 valence electrons. The summed E-state index contributed by atoms with van der Waals surface area (Å²) >= 11 is 0. The molecule has 2 bridgehead atoms. The zero-order valence-corrected chi connectivity index (χ0v) is 24.2. The van der Waals surface area contributed by atoms with Crippen LogP contribution in [-0.2, 0) is 30.1 Å². The number of nitrogens with two attached hydrogens (primary N) is 1. The Morgan fingerprint density at radius 2 is 1.82 bits per heavy atom. The third-order valence-electron chi connectivity index (χ3n) is 9.64. The van der Waals surface area contributed by atoms with Gasteiger partial charge in [0.05, 0.1) is 23.7 Å². The van der Waals surface area contributed by atoms with Crippen LogP contribution in [0.25, 0.3) is 0 Å². The van der Waals surface area contributed by atoms with Gasteiger partial charge in [-0.05, 0) is 75.3 Å². The lowest BCUT2D eigenvalue weighted by atomic mass is 9.43. The predicted molar refractivity (Wildman–Crippen MR) is 151 cm³/mol. The van der Waals surface area contributed by atoms with Crippen molar-refractivity contribution < 1.29 is 23.7 Å². The van der Waals surface area contributed by atoms with Crippen molar-refractivity contribution >= 4 is 24.7 Å². The largest absolute Gasteiger partial charge is 0.481 e. The molecule has 0 aromatic heterocycles. The van der Waals surface area contributed by atoms with Crippen molar-refractivity contribution in [3.63, 3.8) is 0 Å². The van der Waals surface area contributed by atoms with Gasteiger partial charge in [-0.2, -0.15) is 0 Å². The van der Waals surface area contributed by atoms with E-state index in [0.29, 0.717) is 31.2 Å². The Hall–Kier alpha value is -2.23. The molecule has 3 aliphatic carbocycles. The number of Topliss-reactive ketones (excluding diaryl/α,β-unsaturated/α-hetero) is 1. The van der Waals surface area contributed by atoms with E-state index in [2.05, 4.69) is 31.4 Å². The predicted octanol–water partition coefficient (Wildman–Crippen LogP) is 3.21. The number of rotatable bonds is 13. The topological polar surface area (TPSA) is 120 Å². The maximum atomic E-state index is 13.8. The van der Waals surface area contributed by atoms with Crippen LogP contribution < -0.4 is 16.4 Å². The number of carbonyl (C=O) groups excluding carboxylic acids is 3. The van der Waals surface area contributed by atoms with Crippen LogP contribution in [0.4, 0.5) is 0 Å². The molecule has 4 aliphatic rings. The van der Waals surface area contributed by atoms with Gasteiger partial charge in [-0.15, -0.1) is 0 Å². The van der Waals surface area contributed by atoms with E-state index in [0.717, 1.165) is 31.2 Å². The molecule has 8 nitrogen and oxygen atoms in total. The summed E-state index contributed by atoms with van der Waals surface area (Å²) in [5.74, 6) is -0.497. The van der Waals surface area contributed by atoms with E-state index < -0.39 is 19.1 Å². The van der Waals surface area contributed by atoms with Crippen LogP contribution in [0, 0.1) is 23.2 Å². The minimum absolute atomic E-state index is 0.0217. The standard InChI is InChI=1S/C30H46BN3O5/c1-19(33-20(2)35)24(36)16-22(15-21-11-7-6-8-12-21)28(37)34-27(13-9-10-14-32)31-38-26-18-23-17-25(29(23,3)4)30(26,5)39-31/h6-8,11-12,19,22-23,25-27H,9-10,13-18,32H2,1-5H3,(H,33,35)(H,34,37)/t19-,22+,23-,25-,26?,27-,30-/m0/s1. The first-order chi connectivity index (χ1) is 18.5. The fraction of sp³-hybridized carbons (Fsp3) is 0.700. The zero-order chi connectivity index (χ0) is 28.4. The van der Waals surface area contributed by atoms with Crippen LogP contribution in [0.1, 0.15) is 78.7 Å². The van der Waals surface area contributed by atoms with Crippen molar-refractivity contribution in [1.29, 1.82) is 0 Å². The minimum atomic E-state index is -0.659. The summed E-state index contributed by atoms with van der Waals surface area (Å²) < 4.78 is 13.2. The Morgan fingerprint density at radius 3 is 2.46 bits per heavy atom. The number of hydrogen-bond acceptors (Lipinski definition) is 6. The third-order valence-corrected chi connectivity index (χ3v) is 9.64. The van der Waals surface area contributed by atoms with E-state index in [1.165, 1.54) is 6.92 Å².